The standard InChI is InChI=1S/C11H13NO3/c1-4-9(3)15-11-7-8(2)5-6-10(11)12(13)14/h4-7,9H,1H2,2-3H3. The van der Waals surface area contributed by atoms with Gasteiger partial charge in [-0.3, -0.25) is 10.1 Å². The molecule has 1 rings (SSSR count). The molecule has 0 heterocycles. The van der Waals surface area contributed by atoms with E-state index in [0.717, 1.165) is 5.56 Å². The van der Waals surface area contributed by atoms with E-state index < -0.39 is 4.92 Å². The lowest BCUT2D eigenvalue weighted by Crippen LogP contribution is -2.09. The van der Waals surface area contributed by atoms with Gasteiger partial charge in [0.05, 0.1) is 4.92 Å². The van der Waals surface area contributed by atoms with Crippen LogP contribution in [0.15, 0.2) is 30.9 Å². The first-order valence-corrected chi connectivity index (χ1v) is 4.59. The highest BCUT2D eigenvalue weighted by molar-refractivity contribution is 5.48. The van der Waals surface area contributed by atoms with Gasteiger partial charge in [0.25, 0.3) is 0 Å². The van der Waals surface area contributed by atoms with Crippen LogP contribution in [-0.2, 0) is 0 Å². The highest BCUT2D eigenvalue weighted by Crippen LogP contribution is 2.28. The van der Waals surface area contributed by atoms with Crippen LogP contribution in [0.3, 0.4) is 0 Å². The second-order valence-electron chi connectivity index (χ2n) is 3.29. The molecule has 0 aromatic heterocycles. The molecule has 15 heavy (non-hydrogen) atoms. The minimum absolute atomic E-state index is 0.0192. The molecule has 0 saturated heterocycles. The maximum absolute atomic E-state index is 10.7. The average molecular weight is 207 g/mol. The molecule has 0 aliphatic rings. The molecule has 80 valence electrons. The van der Waals surface area contributed by atoms with Gasteiger partial charge in [-0.1, -0.05) is 18.7 Å². The van der Waals surface area contributed by atoms with Gasteiger partial charge in [0.15, 0.2) is 5.75 Å². The summed E-state index contributed by atoms with van der Waals surface area (Å²) in [5, 5.41) is 10.7. The summed E-state index contributed by atoms with van der Waals surface area (Å²) in [6, 6.07) is 4.78. The van der Waals surface area contributed by atoms with E-state index in [9.17, 15) is 10.1 Å². The quantitative estimate of drug-likeness (QED) is 0.433. The van der Waals surface area contributed by atoms with Crippen LogP contribution >= 0.6 is 0 Å². The minimum Gasteiger partial charge on any atom is -0.480 e. The summed E-state index contributed by atoms with van der Waals surface area (Å²) in [7, 11) is 0. The van der Waals surface area contributed by atoms with E-state index in [4.69, 9.17) is 4.74 Å². The van der Waals surface area contributed by atoms with E-state index in [1.165, 1.54) is 6.07 Å². The zero-order chi connectivity index (χ0) is 11.4. The fraction of sp³-hybridized carbons (Fsp3) is 0.273. The molecule has 0 saturated carbocycles. The number of hydrogen-bond acceptors (Lipinski definition) is 3. The third kappa shape index (κ3) is 2.80. The molecule has 4 heteroatoms. The highest BCUT2D eigenvalue weighted by Gasteiger charge is 2.15. The number of rotatable bonds is 4. The number of nitrogens with zero attached hydrogens (tertiary/aromatic N) is 1. The Morgan fingerprint density at radius 3 is 2.80 bits per heavy atom. The first kappa shape index (κ1) is 11.2. The van der Waals surface area contributed by atoms with Crippen molar-refractivity contribution in [1.82, 2.24) is 0 Å². The molecule has 1 unspecified atom stereocenters. The summed E-state index contributed by atoms with van der Waals surface area (Å²) >= 11 is 0. The molecule has 0 aliphatic heterocycles. The van der Waals surface area contributed by atoms with Gasteiger partial charge in [0.2, 0.25) is 0 Å². The lowest BCUT2D eigenvalue weighted by molar-refractivity contribution is -0.386. The summed E-state index contributed by atoms with van der Waals surface area (Å²) < 4.78 is 5.38. The van der Waals surface area contributed by atoms with Crippen molar-refractivity contribution in [1.29, 1.82) is 0 Å². The molecule has 0 spiro atoms. The molecule has 1 atom stereocenters. The molecule has 0 radical (unpaired) electrons. The van der Waals surface area contributed by atoms with E-state index in [2.05, 4.69) is 6.58 Å². The molecular weight excluding hydrogens is 194 g/mol. The predicted octanol–water partition coefficient (Wildman–Crippen LogP) is 2.86. The Hall–Kier alpha value is -1.84. The third-order valence-corrected chi connectivity index (χ3v) is 1.96. The Morgan fingerprint density at radius 1 is 1.60 bits per heavy atom. The Bertz CT molecular complexity index is 387. The van der Waals surface area contributed by atoms with Gasteiger partial charge < -0.3 is 4.74 Å². The largest absolute Gasteiger partial charge is 0.480 e. The highest BCUT2D eigenvalue weighted by atomic mass is 16.6. The van der Waals surface area contributed by atoms with E-state index in [1.807, 2.05) is 6.92 Å². The van der Waals surface area contributed by atoms with E-state index >= 15 is 0 Å². The van der Waals surface area contributed by atoms with Crippen molar-refractivity contribution in [3.8, 4) is 5.75 Å². The summed E-state index contributed by atoms with van der Waals surface area (Å²) in [5.74, 6) is 0.285. The van der Waals surface area contributed by atoms with Crippen LogP contribution < -0.4 is 4.74 Å². The van der Waals surface area contributed by atoms with Gasteiger partial charge in [-0.05, 0) is 25.5 Å². The Morgan fingerprint density at radius 2 is 2.27 bits per heavy atom. The Balaban J connectivity index is 3.07. The molecule has 4 nitrogen and oxygen atoms in total. The first-order chi connectivity index (χ1) is 7.04. The van der Waals surface area contributed by atoms with Crippen LogP contribution in [0.25, 0.3) is 0 Å². The normalized spacial score (nSPS) is 11.9. The third-order valence-electron chi connectivity index (χ3n) is 1.96. The van der Waals surface area contributed by atoms with Crippen LogP contribution in [0.4, 0.5) is 5.69 Å². The van der Waals surface area contributed by atoms with Crippen molar-refractivity contribution >= 4 is 5.69 Å². The van der Waals surface area contributed by atoms with Gasteiger partial charge in [-0.25, -0.2) is 0 Å². The van der Waals surface area contributed by atoms with E-state index in [1.54, 1.807) is 25.1 Å². The van der Waals surface area contributed by atoms with Gasteiger partial charge >= 0.3 is 5.69 Å². The second kappa shape index (κ2) is 4.59. The number of hydrogen-bond donors (Lipinski definition) is 0. The van der Waals surface area contributed by atoms with Crippen molar-refractivity contribution in [2.24, 2.45) is 0 Å². The first-order valence-electron chi connectivity index (χ1n) is 4.59. The van der Waals surface area contributed by atoms with Crippen LogP contribution in [-0.4, -0.2) is 11.0 Å². The molecule has 0 N–H and O–H groups in total. The summed E-state index contributed by atoms with van der Waals surface area (Å²) in [6.07, 6.45) is 1.34. The van der Waals surface area contributed by atoms with Crippen molar-refractivity contribution in [3.05, 3.63) is 46.5 Å². The van der Waals surface area contributed by atoms with Crippen LogP contribution in [0, 0.1) is 17.0 Å². The molecule has 0 fully saturated rings. The number of nitro groups is 1. The van der Waals surface area contributed by atoms with Gasteiger partial charge in [-0.15, -0.1) is 0 Å². The molecule has 0 aliphatic carbocycles. The zero-order valence-electron chi connectivity index (χ0n) is 8.77. The number of benzene rings is 1. The van der Waals surface area contributed by atoms with Gasteiger partial charge in [-0.2, -0.15) is 0 Å². The van der Waals surface area contributed by atoms with Crippen molar-refractivity contribution < 1.29 is 9.66 Å². The van der Waals surface area contributed by atoms with Crippen LogP contribution in [0.1, 0.15) is 12.5 Å². The predicted molar refractivity (Wildman–Crippen MR) is 58.1 cm³/mol. The monoisotopic (exact) mass is 207 g/mol. The second-order valence-corrected chi connectivity index (χ2v) is 3.29. The number of ether oxygens (including phenoxy) is 1. The Labute approximate surface area is 88.3 Å². The van der Waals surface area contributed by atoms with E-state index in [0.29, 0.717) is 0 Å². The molecule has 1 aromatic carbocycles. The summed E-state index contributed by atoms with van der Waals surface area (Å²) in [5.41, 5.74) is 0.904. The molecule has 0 amide bonds. The van der Waals surface area contributed by atoms with Crippen molar-refractivity contribution in [2.45, 2.75) is 20.0 Å². The zero-order valence-corrected chi connectivity index (χ0v) is 8.77. The van der Waals surface area contributed by atoms with Gasteiger partial charge in [0.1, 0.15) is 6.10 Å². The fourth-order valence-electron chi connectivity index (χ4n) is 1.11. The smallest absolute Gasteiger partial charge is 0.310 e. The van der Waals surface area contributed by atoms with Crippen LogP contribution in [0.5, 0.6) is 5.75 Å². The summed E-state index contributed by atoms with van der Waals surface area (Å²) in [4.78, 5) is 10.2. The number of aryl methyl sites for hydroxylation is 1. The molecule has 1 aromatic rings. The van der Waals surface area contributed by atoms with Crippen LogP contribution in [0.2, 0.25) is 0 Å². The maximum atomic E-state index is 10.7. The maximum Gasteiger partial charge on any atom is 0.310 e. The lowest BCUT2D eigenvalue weighted by atomic mass is 10.2. The van der Waals surface area contributed by atoms with E-state index in [-0.39, 0.29) is 17.5 Å². The Kier molecular flexibility index (Phi) is 3.44. The average Bonchev–Trinajstić information content (AvgIpc) is 2.17. The molecule has 0 bridgehead atoms. The van der Waals surface area contributed by atoms with Crippen molar-refractivity contribution in [3.63, 3.8) is 0 Å². The number of nitro benzene ring substituents is 1. The molecular formula is C11H13NO3. The fourth-order valence-corrected chi connectivity index (χ4v) is 1.11. The van der Waals surface area contributed by atoms with Gasteiger partial charge in [0, 0.05) is 6.07 Å². The summed E-state index contributed by atoms with van der Waals surface area (Å²) in [6.45, 7) is 7.19. The topological polar surface area (TPSA) is 52.4 Å². The van der Waals surface area contributed by atoms with Crippen molar-refractivity contribution in [2.75, 3.05) is 0 Å². The minimum atomic E-state index is -0.454. The lowest BCUT2D eigenvalue weighted by Gasteiger charge is -2.10. The SMILES string of the molecule is C=CC(C)Oc1cc(C)ccc1[N+](=O)[O-].